The molecule has 0 saturated heterocycles. The molecule has 3 amide bonds. The Balaban J connectivity index is 1.39. The summed E-state index contributed by atoms with van der Waals surface area (Å²) >= 11 is 0. The highest BCUT2D eigenvalue weighted by molar-refractivity contribution is 6.05. The average Bonchev–Trinajstić information content (AvgIpc) is 3.54. The Bertz CT molecular complexity index is 1080. The highest BCUT2D eigenvalue weighted by Crippen LogP contribution is 2.41. The van der Waals surface area contributed by atoms with E-state index in [4.69, 9.17) is 0 Å². The van der Waals surface area contributed by atoms with Crippen molar-refractivity contribution >= 4 is 17.7 Å². The molecule has 0 spiro atoms. The van der Waals surface area contributed by atoms with Gasteiger partial charge in [0.1, 0.15) is 11.9 Å². The third kappa shape index (κ3) is 4.30. The number of hydrogen-bond donors (Lipinski definition) is 2. The molecule has 2 aromatic carbocycles. The maximum atomic E-state index is 13.2. The number of amides is 3. The summed E-state index contributed by atoms with van der Waals surface area (Å²) in [4.78, 5) is 39.2. The number of carbonyl (C=O) groups is 3. The second-order valence-electron chi connectivity index (χ2n) is 7.73. The number of alkyl halides is 3. The summed E-state index contributed by atoms with van der Waals surface area (Å²) in [5.74, 6) is -2.52. The van der Waals surface area contributed by atoms with Crippen LogP contribution in [0.4, 0.5) is 17.6 Å². The fourth-order valence-electron chi connectivity index (χ4n) is 3.82. The first-order valence-corrected chi connectivity index (χ1v) is 9.98. The molecule has 2 aromatic rings. The number of carbonyl (C=O) groups excluding carboxylic acids is 3. The SMILES string of the molecule is O=C(CNC(=O)C1c2ccccc2C(=O)N1C1CC1)NCc1ccc(F)cc1C(F)(F)F. The molecule has 1 unspecified atom stereocenters. The number of benzene rings is 2. The van der Waals surface area contributed by atoms with Crippen LogP contribution in [-0.4, -0.2) is 35.2 Å². The highest BCUT2D eigenvalue weighted by atomic mass is 19.4. The van der Waals surface area contributed by atoms with Crippen molar-refractivity contribution in [2.75, 3.05) is 6.54 Å². The van der Waals surface area contributed by atoms with E-state index in [0.717, 1.165) is 25.0 Å². The molecule has 10 heteroatoms. The molecule has 1 aliphatic heterocycles. The monoisotopic (exact) mass is 449 g/mol. The second-order valence-corrected chi connectivity index (χ2v) is 7.73. The summed E-state index contributed by atoms with van der Waals surface area (Å²) < 4.78 is 52.4. The molecule has 2 N–H and O–H groups in total. The van der Waals surface area contributed by atoms with E-state index in [1.54, 1.807) is 24.3 Å². The van der Waals surface area contributed by atoms with Gasteiger partial charge < -0.3 is 15.5 Å². The predicted molar refractivity (Wildman–Crippen MR) is 105 cm³/mol. The van der Waals surface area contributed by atoms with Gasteiger partial charge in [-0.3, -0.25) is 14.4 Å². The number of nitrogens with one attached hydrogen (secondary N) is 2. The molecule has 1 atom stereocenters. The van der Waals surface area contributed by atoms with Crippen LogP contribution >= 0.6 is 0 Å². The lowest BCUT2D eigenvalue weighted by Gasteiger charge is -2.24. The van der Waals surface area contributed by atoms with Crippen molar-refractivity contribution in [2.24, 2.45) is 0 Å². The van der Waals surface area contributed by atoms with Crippen molar-refractivity contribution in [3.8, 4) is 0 Å². The lowest BCUT2D eigenvalue weighted by Crippen LogP contribution is -2.43. The standard InChI is InChI=1S/C22H19F4N3O3/c23-13-6-5-12(17(9-13)22(24,25)26)10-27-18(30)11-28-20(31)19-15-3-1-2-4-16(15)21(32)29(19)14-7-8-14/h1-6,9,14,19H,7-8,10-11H2,(H,27,30)(H,28,31). The molecule has 32 heavy (non-hydrogen) atoms. The Hall–Kier alpha value is -3.43. The number of halogens is 4. The second kappa shape index (κ2) is 8.25. The lowest BCUT2D eigenvalue weighted by molar-refractivity contribution is -0.138. The molecule has 1 fully saturated rings. The highest BCUT2D eigenvalue weighted by Gasteiger charge is 2.47. The first-order valence-electron chi connectivity index (χ1n) is 9.98. The quantitative estimate of drug-likeness (QED) is 0.666. The summed E-state index contributed by atoms with van der Waals surface area (Å²) in [5, 5.41) is 4.76. The molecule has 2 aliphatic rings. The van der Waals surface area contributed by atoms with Crippen molar-refractivity contribution in [1.82, 2.24) is 15.5 Å². The van der Waals surface area contributed by atoms with Gasteiger partial charge in [0.05, 0.1) is 12.1 Å². The zero-order valence-corrected chi connectivity index (χ0v) is 16.7. The van der Waals surface area contributed by atoms with Gasteiger partial charge in [-0.2, -0.15) is 13.2 Å². The summed E-state index contributed by atoms with van der Waals surface area (Å²) in [7, 11) is 0. The Morgan fingerprint density at radius 1 is 1.06 bits per heavy atom. The number of fused-ring (bicyclic) bond motifs is 1. The predicted octanol–water partition coefficient (Wildman–Crippen LogP) is 2.94. The van der Waals surface area contributed by atoms with E-state index in [1.165, 1.54) is 4.90 Å². The van der Waals surface area contributed by atoms with E-state index in [-0.39, 0.29) is 17.5 Å². The van der Waals surface area contributed by atoms with Crippen LogP contribution < -0.4 is 10.6 Å². The zero-order valence-electron chi connectivity index (χ0n) is 16.7. The van der Waals surface area contributed by atoms with Crippen LogP contribution in [0.15, 0.2) is 42.5 Å². The first-order chi connectivity index (χ1) is 15.2. The van der Waals surface area contributed by atoms with E-state index in [0.29, 0.717) is 17.2 Å². The average molecular weight is 449 g/mol. The van der Waals surface area contributed by atoms with Crippen LogP contribution in [-0.2, 0) is 22.3 Å². The smallest absolute Gasteiger partial charge is 0.350 e. The third-order valence-electron chi connectivity index (χ3n) is 5.46. The van der Waals surface area contributed by atoms with E-state index in [2.05, 4.69) is 10.6 Å². The van der Waals surface area contributed by atoms with Crippen LogP contribution in [0.25, 0.3) is 0 Å². The Morgan fingerprint density at radius 3 is 2.47 bits per heavy atom. The minimum Gasteiger partial charge on any atom is -0.350 e. The van der Waals surface area contributed by atoms with Crippen LogP contribution in [0.1, 0.15) is 45.9 Å². The van der Waals surface area contributed by atoms with Crippen molar-refractivity contribution in [1.29, 1.82) is 0 Å². The zero-order chi connectivity index (χ0) is 23.0. The van der Waals surface area contributed by atoms with Gasteiger partial charge >= 0.3 is 6.18 Å². The van der Waals surface area contributed by atoms with Gasteiger partial charge in [0.25, 0.3) is 5.91 Å². The van der Waals surface area contributed by atoms with Crippen molar-refractivity contribution in [3.05, 3.63) is 70.5 Å². The summed E-state index contributed by atoms with van der Waals surface area (Å²) in [6.07, 6.45) is -3.18. The van der Waals surface area contributed by atoms with Gasteiger partial charge in [0, 0.05) is 18.2 Å². The normalized spacial score (nSPS) is 17.8. The molecule has 1 heterocycles. The van der Waals surface area contributed by atoms with Crippen LogP contribution in [0.3, 0.4) is 0 Å². The molecule has 0 radical (unpaired) electrons. The minimum atomic E-state index is -4.77. The Morgan fingerprint density at radius 2 is 1.78 bits per heavy atom. The van der Waals surface area contributed by atoms with Gasteiger partial charge in [-0.1, -0.05) is 24.3 Å². The molecule has 1 aliphatic carbocycles. The van der Waals surface area contributed by atoms with Crippen molar-refractivity contribution in [3.63, 3.8) is 0 Å². The van der Waals surface area contributed by atoms with Crippen molar-refractivity contribution < 1.29 is 31.9 Å². The molecule has 168 valence electrons. The molecule has 6 nitrogen and oxygen atoms in total. The van der Waals surface area contributed by atoms with Crippen LogP contribution in [0.5, 0.6) is 0 Å². The van der Waals surface area contributed by atoms with E-state index < -0.39 is 48.5 Å². The molecule has 4 rings (SSSR count). The molecule has 1 saturated carbocycles. The van der Waals surface area contributed by atoms with E-state index >= 15 is 0 Å². The first kappa shape index (κ1) is 21.8. The number of rotatable bonds is 6. The van der Waals surface area contributed by atoms with Gasteiger partial charge in [-0.05, 0) is 42.2 Å². The van der Waals surface area contributed by atoms with Gasteiger partial charge in [0.15, 0.2) is 0 Å². The topological polar surface area (TPSA) is 78.5 Å². The number of hydrogen-bond acceptors (Lipinski definition) is 3. The Kier molecular flexibility index (Phi) is 5.62. The van der Waals surface area contributed by atoms with E-state index in [1.807, 2.05) is 0 Å². The van der Waals surface area contributed by atoms with Crippen LogP contribution in [0, 0.1) is 5.82 Å². The largest absolute Gasteiger partial charge is 0.416 e. The fraction of sp³-hybridized carbons (Fsp3) is 0.318. The maximum absolute atomic E-state index is 13.2. The summed E-state index contributed by atoms with van der Waals surface area (Å²) in [6.45, 7) is -0.963. The van der Waals surface area contributed by atoms with Gasteiger partial charge in [-0.25, -0.2) is 4.39 Å². The lowest BCUT2D eigenvalue weighted by atomic mass is 10.0. The van der Waals surface area contributed by atoms with E-state index in [9.17, 15) is 31.9 Å². The molecular weight excluding hydrogens is 430 g/mol. The maximum Gasteiger partial charge on any atom is 0.416 e. The Labute approximate surface area is 180 Å². The van der Waals surface area contributed by atoms with Crippen LogP contribution in [0.2, 0.25) is 0 Å². The van der Waals surface area contributed by atoms with Crippen molar-refractivity contribution in [2.45, 2.75) is 37.6 Å². The third-order valence-corrected chi connectivity index (χ3v) is 5.46. The summed E-state index contributed by atoms with van der Waals surface area (Å²) in [6, 6.07) is 8.07. The molecule has 0 bridgehead atoms. The fourth-order valence-corrected chi connectivity index (χ4v) is 3.82. The van der Waals surface area contributed by atoms with Gasteiger partial charge in [0.2, 0.25) is 11.8 Å². The number of nitrogens with zero attached hydrogens (tertiary/aromatic N) is 1. The molecular formula is C22H19F4N3O3. The molecule has 0 aromatic heterocycles. The minimum absolute atomic E-state index is 0.0289. The summed E-state index contributed by atoms with van der Waals surface area (Å²) in [5.41, 5.74) is -0.472. The van der Waals surface area contributed by atoms with Gasteiger partial charge in [-0.15, -0.1) is 0 Å².